The normalized spacial score (nSPS) is 51.3. The van der Waals surface area contributed by atoms with E-state index in [0.29, 0.717) is 5.92 Å². The fourth-order valence-electron chi connectivity index (χ4n) is 2.41. The van der Waals surface area contributed by atoms with Gasteiger partial charge < -0.3 is 9.84 Å². The number of hydrogen-bond acceptors (Lipinski definition) is 2. The monoisotopic (exact) mass is 170 g/mol. The quantitative estimate of drug-likeness (QED) is 0.603. The highest BCUT2D eigenvalue weighted by Gasteiger charge is 2.60. The summed E-state index contributed by atoms with van der Waals surface area (Å²) in [4.78, 5) is 11.0. The molecule has 68 valence electrons. The molecule has 4 atom stereocenters. The first kappa shape index (κ1) is 8.05. The van der Waals surface area contributed by atoms with Crippen LogP contribution >= 0.6 is 0 Å². The summed E-state index contributed by atoms with van der Waals surface area (Å²) >= 11 is 0. The van der Waals surface area contributed by atoms with Gasteiger partial charge in [-0.05, 0) is 25.7 Å². The fourth-order valence-corrected chi connectivity index (χ4v) is 2.41. The molecule has 1 aliphatic carbocycles. The van der Waals surface area contributed by atoms with Crippen LogP contribution in [-0.2, 0) is 9.53 Å². The number of hydrogen-bond donors (Lipinski definition) is 1. The first-order chi connectivity index (χ1) is 5.54. The van der Waals surface area contributed by atoms with Crippen LogP contribution < -0.4 is 0 Å². The number of fused-ring (bicyclic) bond motifs is 1. The topological polar surface area (TPSA) is 49.8 Å². The lowest BCUT2D eigenvalue weighted by atomic mass is 9.71. The molecule has 0 radical (unpaired) electrons. The van der Waals surface area contributed by atoms with Gasteiger partial charge in [0.15, 0.2) is 0 Å². The van der Waals surface area contributed by atoms with Gasteiger partial charge in [-0.25, -0.2) is 0 Å². The molecule has 1 aliphatic heterocycles. The van der Waals surface area contributed by atoms with Crippen molar-refractivity contribution < 1.29 is 14.6 Å². The third kappa shape index (κ3) is 0.959. The standard InChI is InChI=1S/C9H14O3/c1-5-3-6-7(12-6)9(2,4-5)8(10)11/h5-7H,3-4H2,1-2H3,(H,10,11). The second-order valence-corrected chi connectivity index (χ2v) is 4.36. The van der Waals surface area contributed by atoms with Crippen LogP contribution in [-0.4, -0.2) is 23.3 Å². The molecule has 0 aromatic carbocycles. The Kier molecular flexibility index (Phi) is 1.49. The van der Waals surface area contributed by atoms with Gasteiger partial charge >= 0.3 is 5.97 Å². The number of aliphatic carboxylic acids is 1. The van der Waals surface area contributed by atoms with Crippen LogP contribution in [0.25, 0.3) is 0 Å². The van der Waals surface area contributed by atoms with E-state index in [2.05, 4.69) is 6.92 Å². The maximum Gasteiger partial charge on any atom is 0.312 e. The summed E-state index contributed by atoms with van der Waals surface area (Å²) in [5.41, 5.74) is -0.623. The summed E-state index contributed by atoms with van der Waals surface area (Å²) in [6, 6.07) is 0. The maximum atomic E-state index is 11.0. The molecule has 12 heavy (non-hydrogen) atoms. The second-order valence-electron chi connectivity index (χ2n) is 4.36. The van der Waals surface area contributed by atoms with Crippen molar-refractivity contribution in [3.8, 4) is 0 Å². The molecule has 1 N–H and O–H groups in total. The van der Waals surface area contributed by atoms with Crippen LogP contribution in [0.15, 0.2) is 0 Å². The van der Waals surface area contributed by atoms with Crippen LogP contribution in [0.4, 0.5) is 0 Å². The number of rotatable bonds is 1. The Hall–Kier alpha value is -0.570. The number of carboxylic acids is 1. The molecule has 0 spiro atoms. The average Bonchev–Trinajstić information content (AvgIpc) is 2.65. The Balaban J connectivity index is 2.19. The van der Waals surface area contributed by atoms with Crippen molar-refractivity contribution in [2.75, 3.05) is 0 Å². The second kappa shape index (κ2) is 2.22. The van der Waals surface area contributed by atoms with E-state index < -0.39 is 11.4 Å². The minimum atomic E-state index is -0.707. The summed E-state index contributed by atoms with van der Waals surface area (Å²) in [5, 5.41) is 9.03. The van der Waals surface area contributed by atoms with E-state index in [1.54, 1.807) is 6.92 Å². The highest BCUT2D eigenvalue weighted by Crippen LogP contribution is 2.50. The molecule has 0 bridgehead atoms. The number of epoxide rings is 1. The molecule has 4 unspecified atom stereocenters. The first-order valence-electron chi connectivity index (χ1n) is 4.43. The Morgan fingerprint density at radius 3 is 2.92 bits per heavy atom. The van der Waals surface area contributed by atoms with E-state index in [0.717, 1.165) is 12.8 Å². The van der Waals surface area contributed by atoms with Crippen molar-refractivity contribution in [2.45, 2.75) is 38.9 Å². The van der Waals surface area contributed by atoms with Crippen molar-refractivity contribution in [3.63, 3.8) is 0 Å². The molecule has 1 heterocycles. The van der Waals surface area contributed by atoms with E-state index >= 15 is 0 Å². The van der Waals surface area contributed by atoms with Gasteiger partial charge in [-0.1, -0.05) is 6.92 Å². The highest BCUT2D eigenvalue weighted by molar-refractivity contribution is 5.76. The zero-order chi connectivity index (χ0) is 8.93. The van der Waals surface area contributed by atoms with Gasteiger partial charge in [-0.2, -0.15) is 0 Å². The van der Waals surface area contributed by atoms with Gasteiger partial charge in [0, 0.05) is 0 Å². The van der Waals surface area contributed by atoms with Crippen molar-refractivity contribution in [2.24, 2.45) is 11.3 Å². The molecule has 2 fully saturated rings. The zero-order valence-corrected chi connectivity index (χ0v) is 7.41. The Morgan fingerprint density at radius 1 is 1.67 bits per heavy atom. The van der Waals surface area contributed by atoms with Gasteiger partial charge in [0.1, 0.15) is 0 Å². The lowest BCUT2D eigenvalue weighted by molar-refractivity contribution is -0.150. The molecule has 1 saturated carbocycles. The van der Waals surface area contributed by atoms with E-state index in [4.69, 9.17) is 9.84 Å². The highest BCUT2D eigenvalue weighted by atomic mass is 16.6. The molecule has 3 nitrogen and oxygen atoms in total. The fraction of sp³-hybridized carbons (Fsp3) is 0.889. The minimum Gasteiger partial charge on any atom is -0.481 e. The van der Waals surface area contributed by atoms with Gasteiger partial charge in [-0.15, -0.1) is 0 Å². The SMILES string of the molecule is CC1CC2OC2C(C)(C(=O)O)C1. The maximum absolute atomic E-state index is 11.0. The van der Waals surface area contributed by atoms with Crippen molar-refractivity contribution in [1.29, 1.82) is 0 Å². The first-order valence-corrected chi connectivity index (χ1v) is 4.43. The minimum absolute atomic E-state index is 0.00815. The lowest BCUT2D eigenvalue weighted by Gasteiger charge is -2.29. The largest absolute Gasteiger partial charge is 0.481 e. The lowest BCUT2D eigenvalue weighted by Crippen LogP contribution is -2.39. The molecule has 0 amide bonds. The van der Waals surface area contributed by atoms with Crippen molar-refractivity contribution in [3.05, 3.63) is 0 Å². The molecule has 0 aromatic heterocycles. The van der Waals surface area contributed by atoms with Crippen LogP contribution in [0.2, 0.25) is 0 Å². The van der Waals surface area contributed by atoms with Gasteiger partial charge in [0.2, 0.25) is 0 Å². The molecule has 2 aliphatic rings. The van der Waals surface area contributed by atoms with Crippen LogP contribution in [0.5, 0.6) is 0 Å². The number of carbonyl (C=O) groups is 1. The van der Waals surface area contributed by atoms with Crippen LogP contribution in [0, 0.1) is 11.3 Å². The predicted molar refractivity (Wildman–Crippen MR) is 42.8 cm³/mol. The van der Waals surface area contributed by atoms with E-state index in [1.807, 2.05) is 0 Å². The Labute approximate surface area is 71.7 Å². The van der Waals surface area contributed by atoms with Gasteiger partial charge in [0.05, 0.1) is 17.6 Å². The van der Waals surface area contributed by atoms with E-state index in [9.17, 15) is 4.79 Å². The third-order valence-electron chi connectivity index (χ3n) is 3.11. The molecule has 0 aromatic rings. The predicted octanol–water partition coefficient (Wildman–Crippen LogP) is 1.27. The number of carboxylic acid groups (broad SMARTS) is 1. The van der Waals surface area contributed by atoms with Crippen molar-refractivity contribution in [1.82, 2.24) is 0 Å². The molecule has 3 heteroatoms. The molecule has 1 saturated heterocycles. The van der Waals surface area contributed by atoms with Crippen LogP contribution in [0.3, 0.4) is 0 Å². The van der Waals surface area contributed by atoms with Gasteiger partial charge in [-0.3, -0.25) is 4.79 Å². The van der Waals surface area contributed by atoms with Crippen molar-refractivity contribution >= 4 is 5.97 Å². The summed E-state index contributed by atoms with van der Waals surface area (Å²) < 4.78 is 5.34. The molecular formula is C9H14O3. The van der Waals surface area contributed by atoms with E-state index in [1.165, 1.54) is 0 Å². The van der Waals surface area contributed by atoms with Crippen LogP contribution in [0.1, 0.15) is 26.7 Å². The summed E-state index contributed by atoms with van der Waals surface area (Å²) in [5.74, 6) is -0.226. The Morgan fingerprint density at radius 2 is 2.33 bits per heavy atom. The van der Waals surface area contributed by atoms with Gasteiger partial charge in [0.25, 0.3) is 0 Å². The smallest absolute Gasteiger partial charge is 0.312 e. The van der Waals surface area contributed by atoms with E-state index in [-0.39, 0.29) is 12.2 Å². The Bertz CT molecular complexity index is 226. The third-order valence-corrected chi connectivity index (χ3v) is 3.11. The summed E-state index contributed by atoms with van der Waals surface area (Å²) in [6.45, 7) is 3.90. The zero-order valence-electron chi connectivity index (χ0n) is 7.41. The average molecular weight is 170 g/mol. The molecular weight excluding hydrogens is 156 g/mol. The summed E-state index contributed by atoms with van der Waals surface area (Å²) in [6.07, 6.45) is 2.01. The molecule has 2 rings (SSSR count). The number of ether oxygens (including phenoxy) is 1. The summed E-state index contributed by atoms with van der Waals surface area (Å²) in [7, 11) is 0.